The fraction of sp³-hybridized carbons (Fsp3) is 0.348. The van der Waals surface area contributed by atoms with Crippen LogP contribution in [0.4, 0.5) is 24.9 Å². The average molecular weight is 538 g/mol. The average Bonchev–Trinajstić information content (AvgIpc) is 2.78. The first-order valence-corrected chi connectivity index (χ1v) is 11.6. The molecule has 34 heavy (non-hydrogen) atoms. The Morgan fingerprint density at radius 1 is 1.06 bits per heavy atom. The van der Waals surface area contributed by atoms with Gasteiger partial charge in [0.05, 0.1) is 11.1 Å². The van der Waals surface area contributed by atoms with E-state index in [1.165, 1.54) is 12.1 Å². The van der Waals surface area contributed by atoms with Crippen LogP contribution in [0.15, 0.2) is 46.9 Å². The smallest absolute Gasteiger partial charge is 0.405 e. The molecular formula is C23H23BrF3N5O2. The second-order valence-corrected chi connectivity index (χ2v) is 8.93. The van der Waals surface area contributed by atoms with E-state index in [0.717, 1.165) is 35.6 Å². The van der Waals surface area contributed by atoms with Crippen molar-refractivity contribution >= 4 is 44.5 Å². The molecule has 1 amide bonds. The summed E-state index contributed by atoms with van der Waals surface area (Å²) >= 11 is 3.11. The number of aromatic nitrogens is 2. The molecule has 7 nitrogen and oxygen atoms in total. The van der Waals surface area contributed by atoms with Gasteiger partial charge in [0, 0.05) is 29.0 Å². The van der Waals surface area contributed by atoms with Crippen LogP contribution in [0.2, 0.25) is 0 Å². The van der Waals surface area contributed by atoms with Gasteiger partial charge in [0.2, 0.25) is 5.95 Å². The van der Waals surface area contributed by atoms with Crippen LogP contribution in [0, 0.1) is 0 Å². The molecule has 0 spiro atoms. The lowest BCUT2D eigenvalue weighted by Gasteiger charge is -2.30. The number of benzene rings is 2. The second-order valence-electron chi connectivity index (χ2n) is 8.02. The standard InChI is InChI=1S/C23H23BrF3N5O2/c1-28-20-16-4-2-3-5-18(16)31-22(32-20)30-15-9-7-14(8-10-15)29-21(33)17-11-6-13(24)12-19(17)34-23(25,26)27/h2-6,11-12,14-15H,7-10H2,1H3,(H,29,33)(H2,28,30,31,32)/t14-,15+. The summed E-state index contributed by atoms with van der Waals surface area (Å²) in [5.74, 6) is 0.128. The summed E-state index contributed by atoms with van der Waals surface area (Å²) in [6, 6.07) is 11.6. The van der Waals surface area contributed by atoms with Gasteiger partial charge in [-0.3, -0.25) is 4.79 Å². The highest BCUT2D eigenvalue weighted by Gasteiger charge is 2.33. The maximum absolute atomic E-state index is 12.7. The summed E-state index contributed by atoms with van der Waals surface area (Å²) in [5, 5.41) is 10.2. The summed E-state index contributed by atoms with van der Waals surface area (Å²) < 4.78 is 42.6. The van der Waals surface area contributed by atoms with Crippen molar-refractivity contribution in [1.82, 2.24) is 15.3 Å². The molecule has 11 heteroatoms. The van der Waals surface area contributed by atoms with Crippen molar-refractivity contribution in [3.05, 3.63) is 52.5 Å². The number of ether oxygens (including phenoxy) is 1. The van der Waals surface area contributed by atoms with E-state index in [1.54, 1.807) is 0 Å². The quantitative estimate of drug-likeness (QED) is 0.385. The van der Waals surface area contributed by atoms with E-state index in [0.29, 0.717) is 23.3 Å². The lowest BCUT2D eigenvalue weighted by molar-refractivity contribution is -0.274. The zero-order chi connectivity index (χ0) is 24.3. The molecule has 0 radical (unpaired) electrons. The van der Waals surface area contributed by atoms with E-state index in [2.05, 4.69) is 46.6 Å². The Morgan fingerprint density at radius 2 is 1.76 bits per heavy atom. The third-order valence-corrected chi connectivity index (χ3v) is 6.14. The highest BCUT2D eigenvalue weighted by atomic mass is 79.9. The number of fused-ring (bicyclic) bond motifs is 1. The molecule has 0 unspecified atom stereocenters. The van der Waals surface area contributed by atoms with E-state index in [-0.39, 0.29) is 17.6 Å². The largest absolute Gasteiger partial charge is 0.573 e. The Balaban J connectivity index is 1.37. The molecule has 0 saturated heterocycles. The third kappa shape index (κ3) is 5.88. The first-order chi connectivity index (χ1) is 16.2. The number of anilines is 2. The van der Waals surface area contributed by atoms with Gasteiger partial charge >= 0.3 is 6.36 Å². The molecule has 1 aromatic heterocycles. The Bertz CT molecular complexity index is 1180. The van der Waals surface area contributed by atoms with Gasteiger partial charge in [-0.15, -0.1) is 13.2 Å². The van der Waals surface area contributed by atoms with Gasteiger partial charge in [0.25, 0.3) is 5.91 Å². The molecule has 0 atom stereocenters. The maximum Gasteiger partial charge on any atom is 0.573 e. The third-order valence-electron chi connectivity index (χ3n) is 5.65. The van der Waals surface area contributed by atoms with Gasteiger partial charge in [-0.2, -0.15) is 4.98 Å². The zero-order valence-corrected chi connectivity index (χ0v) is 19.8. The fourth-order valence-electron chi connectivity index (χ4n) is 4.05. The van der Waals surface area contributed by atoms with Gasteiger partial charge in [-0.25, -0.2) is 4.98 Å². The molecule has 1 aliphatic carbocycles. The second kappa shape index (κ2) is 10.0. The van der Waals surface area contributed by atoms with Crippen LogP contribution >= 0.6 is 15.9 Å². The van der Waals surface area contributed by atoms with Gasteiger partial charge in [-0.1, -0.05) is 28.1 Å². The summed E-state index contributed by atoms with van der Waals surface area (Å²) in [7, 11) is 1.81. The number of para-hydroxylation sites is 1. The first kappa shape index (κ1) is 24.1. The normalized spacial score (nSPS) is 18.4. The topological polar surface area (TPSA) is 88.2 Å². The van der Waals surface area contributed by atoms with Gasteiger partial charge < -0.3 is 20.7 Å². The molecule has 3 aromatic rings. The number of hydrogen-bond donors (Lipinski definition) is 3. The van der Waals surface area contributed by atoms with Crippen molar-refractivity contribution < 1.29 is 22.7 Å². The summed E-state index contributed by atoms with van der Waals surface area (Å²) in [4.78, 5) is 21.8. The van der Waals surface area contributed by atoms with Crippen LogP contribution in [-0.2, 0) is 0 Å². The first-order valence-electron chi connectivity index (χ1n) is 10.8. The number of carbonyl (C=O) groups is 1. The number of carbonyl (C=O) groups excluding carboxylic acids is 1. The molecule has 0 aliphatic heterocycles. The van der Waals surface area contributed by atoms with E-state index in [1.807, 2.05) is 31.3 Å². The van der Waals surface area contributed by atoms with Crippen LogP contribution in [-0.4, -0.2) is 41.4 Å². The van der Waals surface area contributed by atoms with Crippen LogP contribution in [0.3, 0.4) is 0 Å². The molecule has 1 fully saturated rings. The predicted molar refractivity (Wildman–Crippen MR) is 127 cm³/mol. The van der Waals surface area contributed by atoms with Crippen molar-refractivity contribution in [2.45, 2.75) is 44.1 Å². The van der Waals surface area contributed by atoms with Gasteiger partial charge in [0.15, 0.2) is 0 Å². The molecule has 0 bridgehead atoms. The number of halogens is 4. The zero-order valence-electron chi connectivity index (χ0n) is 18.2. The van der Waals surface area contributed by atoms with Crippen LogP contribution in [0.1, 0.15) is 36.0 Å². The summed E-state index contributed by atoms with van der Waals surface area (Å²) in [6.07, 6.45) is -2.05. The lowest BCUT2D eigenvalue weighted by atomic mass is 9.91. The van der Waals surface area contributed by atoms with Crippen molar-refractivity contribution in [2.75, 3.05) is 17.7 Å². The van der Waals surface area contributed by atoms with E-state index in [4.69, 9.17) is 0 Å². The number of amides is 1. The Labute approximate surface area is 202 Å². The number of alkyl halides is 3. The number of hydrogen-bond acceptors (Lipinski definition) is 6. The van der Waals surface area contributed by atoms with Crippen molar-refractivity contribution in [2.24, 2.45) is 0 Å². The molecule has 1 saturated carbocycles. The fourth-order valence-corrected chi connectivity index (χ4v) is 4.39. The highest BCUT2D eigenvalue weighted by molar-refractivity contribution is 9.10. The Kier molecular flexibility index (Phi) is 7.11. The van der Waals surface area contributed by atoms with Gasteiger partial charge in [0.1, 0.15) is 11.6 Å². The van der Waals surface area contributed by atoms with E-state index in [9.17, 15) is 18.0 Å². The summed E-state index contributed by atoms with van der Waals surface area (Å²) in [6.45, 7) is 0. The predicted octanol–water partition coefficient (Wildman–Crippen LogP) is 5.49. The van der Waals surface area contributed by atoms with Crippen molar-refractivity contribution in [1.29, 1.82) is 0 Å². The molecule has 180 valence electrons. The Morgan fingerprint density at radius 3 is 2.47 bits per heavy atom. The lowest BCUT2D eigenvalue weighted by Crippen LogP contribution is -2.40. The van der Waals surface area contributed by atoms with E-state index < -0.39 is 18.0 Å². The molecule has 3 N–H and O–H groups in total. The van der Waals surface area contributed by atoms with Crippen LogP contribution < -0.4 is 20.7 Å². The maximum atomic E-state index is 12.7. The van der Waals surface area contributed by atoms with E-state index >= 15 is 0 Å². The minimum atomic E-state index is -4.89. The van der Waals surface area contributed by atoms with Gasteiger partial charge in [-0.05, 0) is 56.0 Å². The monoisotopic (exact) mass is 537 g/mol. The summed E-state index contributed by atoms with van der Waals surface area (Å²) in [5.41, 5.74) is 0.668. The molecule has 4 rings (SSSR count). The highest BCUT2D eigenvalue weighted by Crippen LogP contribution is 2.30. The minimum absolute atomic E-state index is 0.121. The SMILES string of the molecule is CNc1nc(N[C@H]2CC[C@@H](NC(=O)c3ccc(Br)cc3OC(F)(F)F)CC2)nc2ccccc12. The number of nitrogens with zero attached hydrogens (tertiary/aromatic N) is 2. The van der Waals surface area contributed by atoms with Crippen LogP contribution in [0.25, 0.3) is 10.9 Å². The van der Waals surface area contributed by atoms with Crippen molar-refractivity contribution in [3.63, 3.8) is 0 Å². The Hall–Kier alpha value is -3.08. The molecule has 1 heterocycles. The number of rotatable bonds is 6. The molecule has 1 aliphatic rings. The van der Waals surface area contributed by atoms with Crippen molar-refractivity contribution in [3.8, 4) is 5.75 Å². The number of nitrogens with one attached hydrogen (secondary N) is 3. The van der Waals surface area contributed by atoms with Crippen LogP contribution in [0.5, 0.6) is 5.75 Å². The molecular weight excluding hydrogens is 515 g/mol. The molecule has 2 aromatic carbocycles. The minimum Gasteiger partial charge on any atom is -0.405 e.